The highest BCUT2D eigenvalue weighted by atomic mass is 19.1. The molecule has 3 heterocycles. The molecule has 3 aromatic rings. The van der Waals surface area contributed by atoms with Crippen molar-refractivity contribution in [1.82, 2.24) is 19.5 Å². The van der Waals surface area contributed by atoms with Crippen molar-refractivity contribution >= 4 is 22.9 Å². The van der Waals surface area contributed by atoms with E-state index in [1.807, 2.05) is 6.07 Å². The van der Waals surface area contributed by atoms with E-state index in [2.05, 4.69) is 15.0 Å². The van der Waals surface area contributed by atoms with Gasteiger partial charge in [0.15, 0.2) is 29.4 Å². The molecule has 8 nitrogen and oxygen atoms in total. The van der Waals surface area contributed by atoms with Crippen molar-refractivity contribution in [1.29, 1.82) is 0 Å². The molecule has 1 fully saturated rings. The van der Waals surface area contributed by atoms with Crippen LogP contribution in [0.2, 0.25) is 0 Å². The van der Waals surface area contributed by atoms with Gasteiger partial charge in [-0.25, -0.2) is 19.3 Å². The van der Waals surface area contributed by atoms with E-state index < -0.39 is 24.4 Å². The zero-order chi connectivity index (χ0) is 22.7. The lowest BCUT2D eigenvalue weighted by Gasteiger charge is -2.21. The number of amides is 1. The number of imidazole rings is 1. The van der Waals surface area contributed by atoms with Crippen LogP contribution in [-0.2, 0) is 4.74 Å². The predicted molar refractivity (Wildman–Crippen MR) is 113 cm³/mol. The second-order valence-electron chi connectivity index (χ2n) is 7.33. The highest BCUT2D eigenvalue weighted by Crippen LogP contribution is 2.37. The standard InChI is InChI=1S/C22H24FN5O3/c1-14-15(2)31-22(17(14)23)28-13-26-18-19(24-12-25-20(18)28)27(10-6-7-11-29)21(30)16-8-4-3-5-9-16/h3-9,12-15,17,22,29H,10-11H2,1-2H3/b7-6+/t14-,15-,17-,22-/m1/s1/i2D. The number of anilines is 1. The molecule has 0 aliphatic carbocycles. The molecule has 0 unspecified atom stereocenters. The normalized spacial score (nSPS) is 24.0. The van der Waals surface area contributed by atoms with Gasteiger partial charge in [0, 0.05) is 19.4 Å². The van der Waals surface area contributed by atoms with Crippen LogP contribution in [0, 0.1) is 5.92 Å². The fourth-order valence-electron chi connectivity index (χ4n) is 3.54. The Balaban J connectivity index is 1.75. The Morgan fingerprint density at radius 2 is 2.13 bits per heavy atom. The van der Waals surface area contributed by atoms with Gasteiger partial charge in [-0.3, -0.25) is 14.3 Å². The Hall–Kier alpha value is -3.17. The average molecular weight is 426 g/mol. The zero-order valence-corrected chi connectivity index (χ0v) is 17.0. The van der Waals surface area contributed by atoms with E-state index in [-0.39, 0.29) is 31.8 Å². The molecule has 1 aliphatic heterocycles. The molecule has 1 amide bonds. The monoisotopic (exact) mass is 426 g/mol. The van der Waals surface area contributed by atoms with Crippen molar-refractivity contribution in [2.45, 2.75) is 32.3 Å². The molecule has 0 radical (unpaired) electrons. The van der Waals surface area contributed by atoms with Crippen molar-refractivity contribution in [3.63, 3.8) is 0 Å². The molecular weight excluding hydrogens is 401 g/mol. The summed E-state index contributed by atoms with van der Waals surface area (Å²) in [6, 6.07) is 8.75. The van der Waals surface area contributed by atoms with Crippen LogP contribution in [0.1, 0.15) is 31.8 Å². The molecule has 2 aromatic heterocycles. The maximum atomic E-state index is 14.9. The molecule has 0 bridgehead atoms. The maximum Gasteiger partial charge on any atom is 0.259 e. The summed E-state index contributed by atoms with van der Waals surface area (Å²) < 4.78 is 29.8. The molecule has 162 valence electrons. The summed E-state index contributed by atoms with van der Waals surface area (Å²) >= 11 is 0. The van der Waals surface area contributed by atoms with Gasteiger partial charge in [0.1, 0.15) is 6.33 Å². The molecule has 4 rings (SSSR count). The first-order valence-corrected chi connectivity index (χ1v) is 9.95. The number of aliphatic hydroxyl groups is 1. The molecule has 9 heteroatoms. The van der Waals surface area contributed by atoms with E-state index in [4.69, 9.17) is 11.2 Å². The van der Waals surface area contributed by atoms with E-state index in [0.29, 0.717) is 16.7 Å². The quantitative estimate of drug-likeness (QED) is 0.609. The molecule has 31 heavy (non-hydrogen) atoms. The molecule has 0 saturated carbocycles. The first-order chi connectivity index (χ1) is 15.6. The molecule has 1 saturated heterocycles. The summed E-state index contributed by atoms with van der Waals surface area (Å²) in [7, 11) is 0. The van der Waals surface area contributed by atoms with Crippen molar-refractivity contribution in [2.24, 2.45) is 5.92 Å². The highest BCUT2D eigenvalue weighted by molar-refractivity contribution is 6.08. The number of halogens is 1. The summed E-state index contributed by atoms with van der Waals surface area (Å²) in [4.78, 5) is 27.6. The average Bonchev–Trinajstić information content (AvgIpc) is 3.38. The van der Waals surface area contributed by atoms with Gasteiger partial charge < -0.3 is 9.84 Å². The van der Waals surface area contributed by atoms with Crippen LogP contribution in [0.25, 0.3) is 11.2 Å². The first kappa shape index (κ1) is 19.8. The van der Waals surface area contributed by atoms with Crippen LogP contribution in [0.4, 0.5) is 10.2 Å². The number of fused-ring (bicyclic) bond motifs is 1. The molecular formula is C22H24FN5O3. The maximum absolute atomic E-state index is 14.9. The van der Waals surface area contributed by atoms with Gasteiger partial charge in [0.25, 0.3) is 5.91 Å². The van der Waals surface area contributed by atoms with Crippen molar-refractivity contribution in [3.05, 3.63) is 60.7 Å². The smallest absolute Gasteiger partial charge is 0.259 e. The van der Waals surface area contributed by atoms with Crippen molar-refractivity contribution in [2.75, 3.05) is 18.1 Å². The zero-order valence-electron chi connectivity index (χ0n) is 18.0. The molecule has 1 aliphatic rings. The lowest BCUT2D eigenvalue weighted by atomic mass is 10.0. The Morgan fingerprint density at radius 1 is 1.32 bits per heavy atom. The third-order valence-electron chi connectivity index (χ3n) is 5.37. The van der Waals surface area contributed by atoms with Crippen LogP contribution in [-0.4, -0.2) is 56.0 Å². The molecule has 0 spiro atoms. The fourth-order valence-corrected chi connectivity index (χ4v) is 3.54. The first-order valence-electron chi connectivity index (χ1n) is 10.7. The van der Waals surface area contributed by atoms with Gasteiger partial charge >= 0.3 is 0 Å². The highest BCUT2D eigenvalue weighted by Gasteiger charge is 2.42. The predicted octanol–water partition coefficient (Wildman–Crippen LogP) is 2.91. The number of aromatic nitrogens is 4. The van der Waals surface area contributed by atoms with E-state index in [1.54, 1.807) is 37.3 Å². The van der Waals surface area contributed by atoms with E-state index in [0.717, 1.165) is 0 Å². The third-order valence-corrected chi connectivity index (χ3v) is 5.37. The van der Waals surface area contributed by atoms with Crippen molar-refractivity contribution in [3.8, 4) is 0 Å². The lowest BCUT2D eigenvalue weighted by molar-refractivity contribution is -0.0102. The summed E-state index contributed by atoms with van der Waals surface area (Å²) in [5.41, 5.74) is 1.12. The number of carbonyl (C=O) groups excluding carboxylic acids is 1. The SMILES string of the molecule is [2H]C[C@H]1O[C@@H](n2cnc3c(N(C/C=C/CO)C(=O)c4ccccc4)ncnc32)[C@H](F)[C@@H]1C. The van der Waals surface area contributed by atoms with Crippen LogP contribution in [0.3, 0.4) is 0 Å². The number of nitrogens with zero attached hydrogens (tertiary/aromatic N) is 5. The lowest BCUT2D eigenvalue weighted by Crippen LogP contribution is -2.32. The van der Waals surface area contributed by atoms with Gasteiger partial charge in [0.05, 0.1) is 19.0 Å². The summed E-state index contributed by atoms with van der Waals surface area (Å²) in [5, 5.41) is 9.10. The Kier molecular flexibility index (Phi) is 5.68. The molecule has 4 atom stereocenters. The van der Waals surface area contributed by atoms with E-state index in [9.17, 15) is 9.18 Å². The van der Waals surface area contributed by atoms with Crippen LogP contribution >= 0.6 is 0 Å². The van der Waals surface area contributed by atoms with E-state index in [1.165, 1.54) is 28.2 Å². The Labute approximate surface area is 180 Å². The number of hydrogen-bond acceptors (Lipinski definition) is 6. The fraction of sp³-hybridized carbons (Fsp3) is 0.364. The number of aliphatic hydroxyl groups excluding tert-OH is 1. The minimum Gasteiger partial charge on any atom is -0.392 e. The largest absolute Gasteiger partial charge is 0.392 e. The topological polar surface area (TPSA) is 93.4 Å². The van der Waals surface area contributed by atoms with Crippen LogP contribution in [0.5, 0.6) is 0 Å². The molecule has 1 N–H and O–H groups in total. The minimum atomic E-state index is -1.32. The summed E-state index contributed by atoms with van der Waals surface area (Å²) in [6.45, 7) is 1.67. The number of ether oxygens (including phenoxy) is 1. The van der Waals surface area contributed by atoms with Gasteiger partial charge in [-0.1, -0.05) is 37.3 Å². The van der Waals surface area contributed by atoms with Crippen LogP contribution < -0.4 is 4.90 Å². The van der Waals surface area contributed by atoms with Gasteiger partial charge in [-0.05, 0) is 19.0 Å². The third kappa shape index (κ3) is 3.94. The van der Waals surface area contributed by atoms with Crippen LogP contribution in [0.15, 0.2) is 55.1 Å². The second-order valence-corrected chi connectivity index (χ2v) is 7.33. The van der Waals surface area contributed by atoms with E-state index >= 15 is 0 Å². The van der Waals surface area contributed by atoms with Gasteiger partial charge in [-0.15, -0.1) is 0 Å². The Bertz CT molecular complexity index is 1110. The minimum absolute atomic E-state index is 0.0402. The number of hydrogen-bond donors (Lipinski definition) is 1. The van der Waals surface area contributed by atoms with Gasteiger partial charge in [-0.2, -0.15) is 0 Å². The molecule has 1 aromatic carbocycles. The van der Waals surface area contributed by atoms with Gasteiger partial charge in [0.2, 0.25) is 0 Å². The summed E-state index contributed by atoms with van der Waals surface area (Å²) in [6.07, 6.45) is 3.11. The number of alkyl halides is 1. The number of carbonyl (C=O) groups is 1. The number of rotatable bonds is 6. The second kappa shape index (κ2) is 8.91. The Morgan fingerprint density at radius 3 is 2.84 bits per heavy atom. The number of benzene rings is 1. The van der Waals surface area contributed by atoms with Crippen molar-refractivity contribution < 1.29 is 20.4 Å². The summed E-state index contributed by atoms with van der Waals surface area (Å²) in [5.74, 6) is -0.467.